The Bertz CT molecular complexity index is 444. The van der Waals surface area contributed by atoms with Crippen molar-refractivity contribution in [2.75, 3.05) is 38.2 Å². The summed E-state index contributed by atoms with van der Waals surface area (Å²) in [4.78, 5) is 13.7. The Morgan fingerprint density at radius 1 is 1.29 bits per heavy atom. The maximum absolute atomic E-state index is 5.77. The van der Waals surface area contributed by atoms with Crippen LogP contribution in [-0.4, -0.2) is 60.3 Å². The minimum atomic E-state index is 0.449. The second-order valence-corrected chi connectivity index (χ2v) is 6.36. The van der Waals surface area contributed by atoms with Gasteiger partial charge in [0.05, 0.1) is 6.10 Å². The number of nitrogens with zero attached hydrogens (tertiary/aromatic N) is 4. The number of aryl methyl sites for hydroxylation is 1. The molecule has 21 heavy (non-hydrogen) atoms. The molecule has 0 saturated carbocycles. The van der Waals surface area contributed by atoms with Crippen LogP contribution in [0.25, 0.3) is 0 Å². The quantitative estimate of drug-likeness (QED) is 0.847. The van der Waals surface area contributed by atoms with Crippen molar-refractivity contribution in [2.24, 2.45) is 0 Å². The van der Waals surface area contributed by atoms with Gasteiger partial charge in [-0.3, -0.25) is 4.90 Å². The van der Waals surface area contributed by atoms with E-state index >= 15 is 0 Å². The lowest BCUT2D eigenvalue weighted by Crippen LogP contribution is -2.49. The van der Waals surface area contributed by atoms with Gasteiger partial charge >= 0.3 is 0 Å². The summed E-state index contributed by atoms with van der Waals surface area (Å²) in [6.07, 6.45) is 9.14. The molecule has 2 fully saturated rings. The highest BCUT2D eigenvalue weighted by atomic mass is 16.5. The van der Waals surface area contributed by atoms with Crippen LogP contribution in [0.1, 0.15) is 31.2 Å². The molecule has 0 aliphatic carbocycles. The molecule has 3 heterocycles. The fourth-order valence-corrected chi connectivity index (χ4v) is 3.32. The molecule has 0 amide bonds. The molecule has 116 valence electrons. The number of anilines is 1. The van der Waals surface area contributed by atoms with Crippen LogP contribution in [0.4, 0.5) is 5.95 Å². The van der Waals surface area contributed by atoms with E-state index in [0.29, 0.717) is 12.1 Å². The molecule has 0 N–H and O–H groups in total. The Labute approximate surface area is 127 Å². The Kier molecular flexibility index (Phi) is 4.70. The maximum atomic E-state index is 5.77. The second kappa shape index (κ2) is 6.71. The minimum absolute atomic E-state index is 0.449. The average molecular weight is 290 g/mol. The van der Waals surface area contributed by atoms with E-state index in [1.165, 1.54) is 32.2 Å². The Morgan fingerprint density at radius 2 is 2.10 bits per heavy atom. The summed E-state index contributed by atoms with van der Waals surface area (Å²) in [6, 6.07) is 0.503. The SMILES string of the molecule is Cc1cnc(N(C)C2CCCN(CC3CCCO3)C2)nc1. The molecule has 1 aromatic rings. The Hall–Kier alpha value is -1.20. The van der Waals surface area contributed by atoms with Crippen molar-refractivity contribution < 1.29 is 4.74 Å². The fourth-order valence-electron chi connectivity index (χ4n) is 3.32. The predicted octanol–water partition coefficient (Wildman–Crippen LogP) is 1.86. The maximum Gasteiger partial charge on any atom is 0.225 e. The molecular formula is C16H26N4O. The number of hydrogen-bond acceptors (Lipinski definition) is 5. The number of piperidine rings is 1. The van der Waals surface area contributed by atoms with Gasteiger partial charge in [0.1, 0.15) is 0 Å². The molecule has 0 aromatic carbocycles. The lowest BCUT2D eigenvalue weighted by molar-refractivity contribution is 0.0632. The van der Waals surface area contributed by atoms with E-state index in [1.54, 1.807) is 0 Å². The molecule has 2 atom stereocenters. The summed E-state index contributed by atoms with van der Waals surface area (Å²) in [5.41, 5.74) is 1.11. The molecular weight excluding hydrogens is 264 g/mol. The van der Waals surface area contributed by atoms with Crippen molar-refractivity contribution in [3.05, 3.63) is 18.0 Å². The lowest BCUT2D eigenvalue weighted by atomic mass is 10.0. The van der Waals surface area contributed by atoms with Crippen LogP contribution in [0.15, 0.2) is 12.4 Å². The number of likely N-dealkylation sites (tertiary alicyclic amines) is 1. The number of rotatable bonds is 4. The van der Waals surface area contributed by atoms with Crippen LogP contribution in [0.5, 0.6) is 0 Å². The van der Waals surface area contributed by atoms with Crippen LogP contribution in [-0.2, 0) is 4.74 Å². The van der Waals surface area contributed by atoms with Gasteiger partial charge in [0.2, 0.25) is 5.95 Å². The first-order chi connectivity index (χ1) is 10.2. The summed E-state index contributed by atoms with van der Waals surface area (Å²) in [6.45, 7) is 6.33. The van der Waals surface area contributed by atoms with E-state index < -0.39 is 0 Å². The number of likely N-dealkylation sites (N-methyl/N-ethyl adjacent to an activating group) is 1. The van der Waals surface area contributed by atoms with Gasteiger partial charge in [-0.2, -0.15) is 0 Å². The van der Waals surface area contributed by atoms with Crippen molar-refractivity contribution in [2.45, 2.75) is 44.8 Å². The van der Waals surface area contributed by atoms with E-state index in [-0.39, 0.29) is 0 Å². The van der Waals surface area contributed by atoms with Crippen molar-refractivity contribution in [1.29, 1.82) is 0 Å². The summed E-state index contributed by atoms with van der Waals surface area (Å²) in [7, 11) is 2.12. The third-order valence-electron chi connectivity index (χ3n) is 4.60. The van der Waals surface area contributed by atoms with E-state index in [1.807, 2.05) is 19.3 Å². The molecule has 2 aliphatic rings. The van der Waals surface area contributed by atoms with Gasteiger partial charge < -0.3 is 9.64 Å². The first kappa shape index (κ1) is 14.7. The van der Waals surface area contributed by atoms with Gasteiger partial charge in [-0.15, -0.1) is 0 Å². The number of hydrogen-bond donors (Lipinski definition) is 0. The largest absolute Gasteiger partial charge is 0.377 e. The average Bonchev–Trinajstić information content (AvgIpc) is 3.00. The number of aromatic nitrogens is 2. The van der Waals surface area contributed by atoms with Crippen molar-refractivity contribution in [3.8, 4) is 0 Å². The van der Waals surface area contributed by atoms with Crippen LogP contribution in [0.3, 0.4) is 0 Å². The van der Waals surface area contributed by atoms with Gasteiger partial charge in [-0.1, -0.05) is 0 Å². The smallest absolute Gasteiger partial charge is 0.225 e. The molecule has 0 radical (unpaired) electrons. The molecule has 1 aromatic heterocycles. The van der Waals surface area contributed by atoms with E-state index in [0.717, 1.165) is 31.2 Å². The van der Waals surface area contributed by atoms with Gasteiger partial charge in [-0.05, 0) is 44.7 Å². The lowest BCUT2D eigenvalue weighted by Gasteiger charge is -2.38. The van der Waals surface area contributed by atoms with Crippen LogP contribution in [0.2, 0.25) is 0 Å². The first-order valence-electron chi connectivity index (χ1n) is 8.08. The zero-order valence-corrected chi connectivity index (χ0v) is 13.2. The Morgan fingerprint density at radius 3 is 2.81 bits per heavy atom. The van der Waals surface area contributed by atoms with Gasteiger partial charge in [-0.25, -0.2) is 9.97 Å². The molecule has 2 saturated heterocycles. The summed E-state index contributed by atoms with van der Waals surface area (Å²) in [5.74, 6) is 0.838. The summed E-state index contributed by atoms with van der Waals surface area (Å²) in [5, 5.41) is 0. The van der Waals surface area contributed by atoms with E-state index in [4.69, 9.17) is 4.74 Å². The fraction of sp³-hybridized carbons (Fsp3) is 0.750. The topological polar surface area (TPSA) is 41.5 Å². The standard InChI is InChI=1S/C16H26N4O/c1-13-9-17-16(18-10-13)19(2)14-5-3-7-20(11-14)12-15-6-4-8-21-15/h9-10,14-15H,3-8,11-12H2,1-2H3. The van der Waals surface area contributed by atoms with Gasteiger partial charge in [0.15, 0.2) is 0 Å². The zero-order valence-electron chi connectivity index (χ0n) is 13.2. The molecule has 0 spiro atoms. The number of ether oxygens (including phenoxy) is 1. The van der Waals surface area contributed by atoms with Crippen molar-refractivity contribution in [1.82, 2.24) is 14.9 Å². The minimum Gasteiger partial charge on any atom is -0.377 e. The normalized spacial score (nSPS) is 27.0. The zero-order chi connectivity index (χ0) is 14.7. The monoisotopic (exact) mass is 290 g/mol. The van der Waals surface area contributed by atoms with Crippen molar-refractivity contribution >= 4 is 5.95 Å². The van der Waals surface area contributed by atoms with Crippen LogP contribution >= 0.6 is 0 Å². The third-order valence-corrected chi connectivity index (χ3v) is 4.60. The van der Waals surface area contributed by atoms with Gasteiger partial charge in [0.25, 0.3) is 0 Å². The third kappa shape index (κ3) is 3.71. The molecule has 0 bridgehead atoms. The highest BCUT2D eigenvalue weighted by Gasteiger charge is 2.27. The van der Waals surface area contributed by atoms with Crippen molar-refractivity contribution in [3.63, 3.8) is 0 Å². The summed E-state index contributed by atoms with van der Waals surface area (Å²) < 4.78 is 5.77. The highest BCUT2D eigenvalue weighted by molar-refractivity contribution is 5.30. The van der Waals surface area contributed by atoms with E-state index in [9.17, 15) is 0 Å². The molecule has 5 heteroatoms. The summed E-state index contributed by atoms with van der Waals surface area (Å²) >= 11 is 0. The van der Waals surface area contributed by atoms with Crippen LogP contribution < -0.4 is 4.90 Å². The van der Waals surface area contributed by atoms with Crippen LogP contribution in [0, 0.1) is 6.92 Å². The predicted molar refractivity (Wildman–Crippen MR) is 83.6 cm³/mol. The molecule has 2 unspecified atom stereocenters. The molecule has 3 rings (SSSR count). The Balaban J connectivity index is 1.58. The molecule has 5 nitrogen and oxygen atoms in total. The molecule has 2 aliphatic heterocycles. The second-order valence-electron chi connectivity index (χ2n) is 6.36. The van der Waals surface area contributed by atoms with Gasteiger partial charge in [0, 0.05) is 45.2 Å². The first-order valence-corrected chi connectivity index (χ1v) is 8.08. The highest BCUT2D eigenvalue weighted by Crippen LogP contribution is 2.21. The van der Waals surface area contributed by atoms with E-state index in [2.05, 4.69) is 26.8 Å².